The van der Waals surface area contributed by atoms with Gasteiger partial charge in [-0.3, -0.25) is 0 Å². The summed E-state index contributed by atoms with van der Waals surface area (Å²) < 4.78 is 27.3. The van der Waals surface area contributed by atoms with Crippen molar-refractivity contribution in [1.82, 2.24) is 5.43 Å². The fourth-order valence-electron chi connectivity index (χ4n) is 2.05. The number of nitrogens with zero attached hydrogens (tertiary/aromatic N) is 1. The molecule has 3 rings (SSSR count). The number of hydrogen-bond donors (Lipinski definition) is 1. The quantitative estimate of drug-likeness (QED) is 0.882. The summed E-state index contributed by atoms with van der Waals surface area (Å²) in [5, 5.41) is 6.12. The topological polar surface area (TPSA) is 24.4 Å². The first kappa shape index (κ1) is 11.3. The molecule has 1 aliphatic rings. The molecular formula is C13H10F2N2S. The predicted molar refractivity (Wildman–Crippen MR) is 67.7 cm³/mol. The molecule has 1 aliphatic heterocycles. The molecule has 2 aromatic rings. The third-order valence-electron chi connectivity index (χ3n) is 2.91. The molecule has 0 radical (unpaired) electrons. The smallest absolute Gasteiger partial charge is 0.131 e. The molecule has 1 aromatic heterocycles. The Kier molecular flexibility index (Phi) is 2.83. The van der Waals surface area contributed by atoms with Gasteiger partial charge in [0.1, 0.15) is 11.6 Å². The molecule has 1 N–H and O–H groups in total. The first-order valence-electron chi connectivity index (χ1n) is 5.55. The van der Waals surface area contributed by atoms with Gasteiger partial charge in [0.05, 0.1) is 16.6 Å². The van der Waals surface area contributed by atoms with Gasteiger partial charge in [-0.15, -0.1) is 11.3 Å². The van der Waals surface area contributed by atoms with E-state index in [1.807, 2.05) is 17.5 Å². The van der Waals surface area contributed by atoms with E-state index in [2.05, 4.69) is 10.5 Å². The van der Waals surface area contributed by atoms with Crippen LogP contribution in [0.2, 0.25) is 0 Å². The van der Waals surface area contributed by atoms with Crippen LogP contribution in [-0.2, 0) is 0 Å². The summed E-state index contributed by atoms with van der Waals surface area (Å²) >= 11 is 1.57. The first-order chi connectivity index (χ1) is 8.75. The molecular weight excluding hydrogens is 254 g/mol. The number of hydrazone groups is 1. The van der Waals surface area contributed by atoms with Crippen LogP contribution in [0.25, 0.3) is 0 Å². The maximum absolute atomic E-state index is 13.6. The number of thiophene rings is 1. The third-order valence-corrected chi connectivity index (χ3v) is 3.83. The minimum Gasteiger partial charge on any atom is -0.302 e. The van der Waals surface area contributed by atoms with E-state index in [0.717, 1.165) is 10.6 Å². The molecule has 92 valence electrons. The molecule has 2 heterocycles. The SMILES string of the molecule is Fc1cccc(F)c1C1CC(c2cccs2)=NN1. The average Bonchev–Trinajstić information content (AvgIpc) is 2.99. The Bertz CT molecular complexity index is 573. The van der Waals surface area contributed by atoms with Crippen LogP contribution in [0.15, 0.2) is 40.8 Å². The zero-order valence-corrected chi connectivity index (χ0v) is 10.2. The van der Waals surface area contributed by atoms with Gasteiger partial charge >= 0.3 is 0 Å². The zero-order valence-electron chi connectivity index (χ0n) is 9.36. The Hall–Kier alpha value is -1.75. The lowest BCUT2D eigenvalue weighted by atomic mass is 10.0. The van der Waals surface area contributed by atoms with Gasteiger partial charge < -0.3 is 5.43 Å². The summed E-state index contributed by atoms with van der Waals surface area (Å²) in [5.41, 5.74) is 3.72. The second-order valence-corrected chi connectivity index (χ2v) is 5.00. The van der Waals surface area contributed by atoms with Crippen molar-refractivity contribution >= 4 is 17.0 Å². The van der Waals surface area contributed by atoms with Gasteiger partial charge in [-0.2, -0.15) is 5.10 Å². The van der Waals surface area contributed by atoms with Gasteiger partial charge in [0.15, 0.2) is 0 Å². The Balaban J connectivity index is 1.86. The van der Waals surface area contributed by atoms with Crippen LogP contribution in [0.4, 0.5) is 8.78 Å². The van der Waals surface area contributed by atoms with Crippen molar-refractivity contribution in [2.24, 2.45) is 5.10 Å². The summed E-state index contributed by atoms with van der Waals surface area (Å²) in [6, 6.07) is 7.35. The van der Waals surface area contributed by atoms with E-state index in [1.165, 1.54) is 18.2 Å². The van der Waals surface area contributed by atoms with Gasteiger partial charge in [-0.25, -0.2) is 8.78 Å². The van der Waals surface area contributed by atoms with Crippen LogP contribution in [0.3, 0.4) is 0 Å². The number of halogens is 2. The van der Waals surface area contributed by atoms with Crippen LogP contribution in [0.5, 0.6) is 0 Å². The number of hydrogen-bond acceptors (Lipinski definition) is 3. The molecule has 1 aromatic carbocycles. The van der Waals surface area contributed by atoms with Gasteiger partial charge in [0.25, 0.3) is 0 Å². The van der Waals surface area contributed by atoms with E-state index < -0.39 is 17.7 Å². The Morgan fingerprint density at radius 2 is 1.94 bits per heavy atom. The highest BCUT2D eigenvalue weighted by Crippen LogP contribution is 2.29. The molecule has 0 saturated heterocycles. The summed E-state index contributed by atoms with van der Waals surface area (Å²) in [7, 11) is 0. The van der Waals surface area contributed by atoms with Gasteiger partial charge in [0.2, 0.25) is 0 Å². The van der Waals surface area contributed by atoms with Crippen LogP contribution < -0.4 is 5.43 Å². The molecule has 18 heavy (non-hydrogen) atoms. The summed E-state index contributed by atoms with van der Waals surface area (Å²) in [5.74, 6) is -1.06. The monoisotopic (exact) mass is 264 g/mol. The van der Waals surface area contributed by atoms with Crippen LogP contribution in [0.1, 0.15) is 22.9 Å². The van der Waals surface area contributed by atoms with E-state index >= 15 is 0 Å². The Labute approximate surface area is 107 Å². The lowest BCUT2D eigenvalue weighted by Gasteiger charge is -2.11. The Morgan fingerprint density at radius 3 is 2.61 bits per heavy atom. The minimum atomic E-state index is -0.532. The summed E-state index contributed by atoms with van der Waals surface area (Å²) in [4.78, 5) is 1.03. The highest BCUT2D eigenvalue weighted by Gasteiger charge is 2.26. The van der Waals surface area contributed by atoms with E-state index in [9.17, 15) is 8.78 Å². The second-order valence-electron chi connectivity index (χ2n) is 4.06. The highest BCUT2D eigenvalue weighted by molar-refractivity contribution is 7.12. The van der Waals surface area contributed by atoms with E-state index in [0.29, 0.717) is 6.42 Å². The molecule has 0 aliphatic carbocycles. The maximum Gasteiger partial charge on any atom is 0.131 e. The van der Waals surface area contributed by atoms with Crippen molar-refractivity contribution < 1.29 is 8.78 Å². The second kappa shape index (κ2) is 4.49. The van der Waals surface area contributed by atoms with Crippen molar-refractivity contribution in [2.45, 2.75) is 12.5 Å². The van der Waals surface area contributed by atoms with Crippen LogP contribution in [-0.4, -0.2) is 5.71 Å². The van der Waals surface area contributed by atoms with Crippen LogP contribution >= 0.6 is 11.3 Å². The molecule has 5 heteroatoms. The van der Waals surface area contributed by atoms with Crippen molar-refractivity contribution in [3.8, 4) is 0 Å². The van der Waals surface area contributed by atoms with Gasteiger partial charge in [0, 0.05) is 12.0 Å². The first-order valence-corrected chi connectivity index (χ1v) is 6.43. The molecule has 1 atom stereocenters. The Morgan fingerprint density at radius 1 is 1.17 bits per heavy atom. The summed E-state index contributed by atoms with van der Waals surface area (Å²) in [6.45, 7) is 0. The molecule has 0 fully saturated rings. The van der Waals surface area contributed by atoms with Crippen LogP contribution in [0, 0.1) is 11.6 Å². The van der Waals surface area contributed by atoms with Gasteiger partial charge in [-0.1, -0.05) is 12.1 Å². The van der Waals surface area contributed by atoms with Crippen molar-refractivity contribution in [1.29, 1.82) is 0 Å². The van der Waals surface area contributed by atoms with E-state index in [1.54, 1.807) is 11.3 Å². The number of nitrogens with one attached hydrogen (secondary N) is 1. The lowest BCUT2D eigenvalue weighted by molar-refractivity contribution is 0.501. The molecule has 0 amide bonds. The molecule has 0 spiro atoms. The summed E-state index contributed by atoms with van der Waals surface area (Å²) in [6.07, 6.45) is 0.498. The van der Waals surface area contributed by atoms with Crippen molar-refractivity contribution in [3.05, 3.63) is 57.8 Å². The normalized spacial score (nSPS) is 18.6. The predicted octanol–water partition coefficient (Wildman–Crippen LogP) is 3.47. The van der Waals surface area contributed by atoms with Gasteiger partial charge in [-0.05, 0) is 23.6 Å². The molecule has 0 bridgehead atoms. The highest BCUT2D eigenvalue weighted by atomic mass is 32.1. The average molecular weight is 264 g/mol. The van der Waals surface area contributed by atoms with E-state index in [4.69, 9.17) is 0 Å². The zero-order chi connectivity index (χ0) is 12.5. The molecule has 0 saturated carbocycles. The largest absolute Gasteiger partial charge is 0.302 e. The fraction of sp³-hybridized carbons (Fsp3) is 0.154. The fourth-order valence-corrected chi connectivity index (χ4v) is 2.78. The third kappa shape index (κ3) is 1.90. The number of benzene rings is 1. The van der Waals surface area contributed by atoms with Crippen molar-refractivity contribution in [3.63, 3.8) is 0 Å². The number of rotatable bonds is 2. The van der Waals surface area contributed by atoms with E-state index in [-0.39, 0.29) is 5.56 Å². The van der Waals surface area contributed by atoms with Crippen molar-refractivity contribution in [2.75, 3.05) is 0 Å². The minimum absolute atomic E-state index is 0.0628. The standard InChI is InChI=1S/C13H10F2N2S/c14-8-3-1-4-9(15)13(8)11-7-10(16-17-11)12-5-2-6-18-12/h1-6,11,17H,7H2. The molecule has 2 nitrogen and oxygen atoms in total. The maximum atomic E-state index is 13.6. The lowest BCUT2D eigenvalue weighted by Crippen LogP contribution is -2.13. The molecule has 1 unspecified atom stereocenters.